The summed E-state index contributed by atoms with van der Waals surface area (Å²) in [4.78, 5) is 28.2. The van der Waals surface area contributed by atoms with Gasteiger partial charge in [0.15, 0.2) is 0 Å². The Labute approximate surface area is 134 Å². The Hall–Kier alpha value is -2.87. The van der Waals surface area contributed by atoms with Gasteiger partial charge in [-0.25, -0.2) is 14.3 Å². The van der Waals surface area contributed by atoms with E-state index in [1.54, 1.807) is 25.1 Å². The molecule has 1 unspecified atom stereocenters. The minimum absolute atomic E-state index is 0.247. The summed E-state index contributed by atoms with van der Waals surface area (Å²) in [5.74, 6) is 0.634. The molecule has 3 N–H and O–H groups in total. The number of carboxylic acid groups (broad SMARTS) is 1. The van der Waals surface area contributed by atoms with E-state index in [9.17, 15) is 9.59 Å². The van der Waals surface area contributed by atoms with Gasteiger partial charge in [-0.05, 0) is 25.1 Å². The van der Waals surface area contributed by atoms with Crippen molar-refractivity contribution in [1.82, 2.24) is 25.1 Å². The molecule has 0 saturated heterocycles. The molecule has 0 radical (unpaired) electrons. The lowest BCUT2D eigenvalue weighted by Gasteiger charge is -2.17. The number of benzene rings is 1. The number of hydrogen-bond acceptors (Lipinski definition) is 4. The van der Waals surface area contributed by atoms with E-state index in [1.165, 1.54) is 16.8 Å². The van der Waals surface area contributed by atoms with Gasteiger partial charge in [0.2, 0.25) is 0 Å². The number of aromatic amines is 1. The van der Waals surface area contributed by atoms with E-state index in [0.29, 0.717) is 21.7 Å². The number of rotatable bonds is 3. The summed E-state index contributed by atoms with van der Waals surface area (Å²) in [5.41, 5.74) is 0.0694. The molecule has 0 aliphatic heterocycles. The number of H-pyrrole nitrogens is 1. The molecular weight excluding hydrogens is 322 g/mol. The molecule has 23 heavy (non-hydrogen) atoms. The van der Waals surface area contributed by atoms with Gasteiger partial charge in [-0.3, -0.25) is 9.89 Å². The smallest absolute Gasteiger partial charge is 0.405 e. The predicted octanol–water partition coefficient (Wildman–Crippen LogP) is 2.09. The first-order chi connectivity index (χ1) is 11.0. The summed E-state index contributed by atoms with van der Waals surface area (Å²) in [6, 6.07) is 5.65. The summed E-state index contributed by atoms with van der Waals surface area (Å²) in [6.45, 7) is 1.60. The number of nitrogens with zero attached hydrogens (tertiary/aromatic N) is 3. The van der Waals surface area contributed by atoms with E-state index in [-0.39, 0.29) is 11.4 Å². The van der Waals surface area contributed by atoms with E-state index < -0.39 is 12.1 Å². The molecule has 0 saturated carbocycles. The fourth-order valence-electron chi connectivity index (χ4n) is 2.32. The highest BCUT2D eigenvalue weighted by Crippen LogP contribution is 2.19. The van der Waals surface area contributed by atoms with Crippen molar-refractivity contribution in [2.45, 2.75) is 13.0 Å². The molecule has 8 nitrogen and oxygen atoms in total. The first-order valence-corrected chi connectivity index (χ1v) is 7.06. The third-order valence-electron chi connectivity index (χ3n) is 3.31. The Morgan fingerprint density at radius 1 is 1.43 bits per heavy atom. The average molecular weight is 334 g/mol. The molecule has 3 aromatic rings. The van der Waals surface area contributed by atoms with Gasteiger partial charge in [-0.2, -0.15) is 5.10 Å². The quantitative estimate of drug-likeness (QED) is 0.679. The topological polar surface area (TPSA) is 113 Å². The molecule has 0 spiro atoms. The van der Waals surface area contributed by atoms with Crippen molar-refractivity contribution in [3.63, 3.8) is 0 Å². The number of hydrogen-bond donors (Lipinski definition) is 3. The maximum absolute atomic E-state index is 12.8. The first-order valence-electron chi connectivity index (χ1n) is 6.69. The van der Waals surface area contributed by atoms with Crippen LogP contribution in [0, 0.1) is 0 Å². The normalized spacial score (nSPS) is 12.3. The highest BCUT2D eigenvalue weighted by molar-refractivity contribution is 6.31. The van der Waals surface area contributed by atoms with Crippen molar-refractivity contribution in [3.8, 4) is 5.82 Å². The highest BCUT2D eigenvalue weighted by atomic mass is 35.5. The number of fused-ring (bicyclic) bond motifs is 1. The van der Waals surface area contributed by atoms with Crippen LogP contribution >= 0.6 is 11.6 Å². The number of nitrogens with one attached hydrogen (secondary N) is 2. The standard InChI is InChI=1S/C14H12ClN5O3/c1-7(17-14(22)23)12-18-10-3-2-8(15)6-9(10)13(21)20(12)11-4-5-16-19-11/h2-7,17H,1H3,(H,16,19)(H,22,23). The third kappa shape index (κ3) is 2.76. The van der Waals surface area contributed by atoms with Gasteiger partial charge in [0.25, 0.3) is 5.56 Å². The van der Waals surface area contributed by atoms with Crippen LogP contribution in [0.3, 0.4) is 0 Å². The predicted molar refractivity (Wildman–Crippen MR) is 84.1 cm³/mol. The monoisotopic (exact) mass is 333 g/mol. The molecule has 9 heteroatoms. The van der Waals surface area contributed by atoms with E-state index in [2.05, 4.69) is 20.5 Å². The molecule has 1 aromatic carbocycles. The molecule has 0 aliphatic rings. The van der Waals surface area contributed by atoms with Crippen LogP contribution < -0.4 is 10.9 Å². The van der Waals surface area contributed by atoms with Crippen LogP contribution in [0.15, 0.2) is 35.3 Å². The number of amides is 1. The maximum atomic E-state index is 12.8. The van der Waals surface area contributed by atoms with Crippen LogP contribution in [-0.2, 0) is 0 Å². The molecule has 0 aliphatic carbocycles. The van der Waals surface area contributed by atoms with Gasteiger partial charge in [0, 0.05) is 11.1 Å². The molecule has 118 valence electrons. The van der Waals surface area contributed by atoms with Crippen molar-refractivity contribution in [2.24, 2.45) is 0 Å². The Kier molecular flexibility index (Phi) is 3.75. The van der Waals surface area contributed by atoms with Crippen molar-refractivity contribution < 1.29 is 9.90 Å². The van der Waals surface area contributed by atoms with E-state index in [1.807, 2.05) is 0 Å². The summed E-state index contributed by atoms with van der Waals surface area (Å²) in [7, 11) is 0. The average Bonchev–Trinajstić information content (AvgIpc) is 3.00. The fraction of sp³-hybridized carbons (Fsp3) is 0.143. The van der Waals surface area contributed by atoms with Crippen LogP contribution in [0.4, 0.5) is 4.79 Å². The second-order valence-electron chi connectivity index (χ2n) is 4.89. The zero-order chi connectivity index (χ0) is 16.6. The second kappa shape index (κ2) is 5.73. The Morgan fingerprint density at radius 3 is 2.87 bits per heavy atom. The van der Waals surface area contributed by atoms with Gasteiger partial charge < -0.3 is 10.4 Å². The van der Waals surface area contributed by atoms with Crippen molar-refractivity contribution in [2.75, 3.05) is 0 Å². The van der Waals surface area contributed by atoms with Gasteiger partial charge in [-0.1, -0.05) is 11.6 Å². The minimum Gasteiger partial charge on any atom is -0.465 e. The SMILES string of the molecule is CC(NC(=O)O)c1nc2ccc(Cl)cc2c(=O)n1-c1ccn[nH]1. The number of halogens is 1. The van der Waals surface area contributed by atoms with Gasteiger partial charge in [0.1, 0.15) is 11.6 Å². The summed E-state index contributed by atoms with van der Waals surface area (Å²) in [5, 5.41) is 18.5. The second-order valence-corrected chi connectivity index (χ2v) is 5.32. The zero-order valence-electron chi connectivity index (χ0n) is 11.9. The lowest BCUT2D eigenvalue weighted by atomic mass is 10.2. The lowest BCUT2D eigenvalue weighted by molar-refractivity contribution is 0.190. The van der Waals surface area contributed by atoms with Crippen LogP contribution in [-0.4, -0.2) is 30.9 Å². The molecule has 2 heterocycles. The number of carbonyl (C=O) groups is 1. The number of aromatic nitrogens is 4. The maximum Gasteiger partial charge on any atom is 0.405 e. The highest BCUT2D eigenvalue weighted by Gasteiger charge is 2.20. The van der Waals surface area contributed by atoms with Crippen molar-refractivity contribution >= 4 is 28.6 Å². The van der Waals surface area contributed by atoms with Crippen LogP contribution in [0.5, 0.6) is 0 Å². The lowest BCUT2D eigenvalue weighted by Crippen LogP contribution is -2.32. The van der Waals surface area contributed by atoms with Crippen molar-refractivity contribution in [1.29, 1.82) is 0 Å². The van der Waals surface area contributed by atoms with Crippen LogP contribution in [0.1, 0.15) is 18.8 Å². The fourth-order valence-corrected chi connectivity index (χ4v) is 2.49. The molecule has 0 bridgehead atoms. The van der Waals surface area contributed by atoms with E-state index in [0.717, 1.165) is 0 Å². The van der Waals surface area contributed by atoms with E-state index >= 15 is 0 Å². The molecule has 2 aromatic heterocycles. The zero-order valence-corrected chi connectivity index (χ0v) is 12.7. The summed E-state index contributed by atoms with van der Waals surface area (Å²) < 4.78 is 1.28. The van der Waals surface area contributed by atoms with Crippen LogP contribution in [0.25, 0.3) is 16.7 Å². The minimum atomic E-state index is -1.21. The van der Waals surface area contributed by atoms with Crippen molar-refractivity contribution in [3.05, 3.63) is 51.7 Å². The Balaban J connectivity index is 2.33. The Morgan fingerprint density at radius 2 is 2.22 bits per heavy atom. The third-order valence-corrected chi connectivity index (χ3v) is 3.55. The molecule has 1 atom stereocenters. The van der Waals surface area contributed by atoms with Crippen LogP contribution in [0.2, 0.25) is 5.02 Å². The molecule has 0 fully saturated rings. The summed E-state index contributed by atoms with van der Waals surface area (Å²) in [6.07, 6.45) is 0.280. The van der Waals surface area contributed by atoms with Gasteiger partial charge in [0.05, 0.1) is 23.1 Å². The molecule has 1 amide bonds. The molecule has 3 rings (SSSR count). The van der Waals surface area contributed by atoms with Gasteiger partial charge >= 0.3 is 6.09 Å². The molecular formula is C14H12ClN5O3. The van der Waals surface area contributed by atoms with E-state index in [4.69, 9.17) is 16.7 Å². The van der Waals surface area contributed by atoms with Gasteiger partial charge in [-0.15, -0.1) is 0 Å². The largest absolute Gasteiger partial charge is 0.465 e. The summed E-state index contributed by atoms with van der Waals surface area (Å²) >= 11 is 5.95. The first kappa shape index (κ1) is 15.0. The Bertz CT molecular complexity index is 935.